The van der Waals surface area contributed by atoms with Gasteiger partial charge < -0.3 is 9.47 Å². The van der Waals surface area contributed by atoms with E-state index in [1.54, 1.807) is 0 Å². The van der Waals surface area contributed by atoms with Crippen molar-refractivity contribution < 1.29 is 14.3 Å². The quantitative estimate of drug-likeness (QED) is 0.467. The minimum atomic E-state index is -0.499. The number of rotatable bonds is 7. The minimum absolute atomic E-state index is 0.0219. The van der Waals surface area contributed by atoms with Gasteiger partial charge in [-0.25, -0.2) is 4.79 Å². The standard InChI is InChI=1S/C11H20O3/c1-2-3-4-5-6-7-8-10-9-13-11(12)14-10/h10H,2-9H2,1H3. The summed E-state index contributed by atoms with van der Waals surface area (Å²) in [4.78, 5) is 10.6. The normalized spacial score (nSPS) is 20.6. The largest absolute Gasteiger partial charge is 0.508 e. The maximum absolute atomic E-state index is 10.6. The highest BCUT2D eigenvalue weighted by molar-refractivity contribution is 5.61. The van der Waals surface area contributed by atoms with Crippen molar-refractivity contribution in [2.45, 2.75) is 58.0 Å². The number of carbonyl (C=O) groups is 1. The van der Waals surface area contributed by atoms with Gasteiger partial charge >= 0.3 is 6.16 Å². The fourth-order valence-electron chi connectivity index (χ4n) is 1.66. The first-order chi connectivity index (χ1) is 6.83. The molecule has 1 atom stereocenters. The Kier molecular flexibility index (Phi) is 5.42. The zero-order chi connectivity index (χ0) is 10.2. The molecule has 1 aliphatic rings. The molecule has 0 aliphatic carbocycles. The predicted octanol–water partition coefficient (Wildman–Crippen LogP) is 3.27. The van der Waals surface area contributed by atoms with Crippen molar-refractivity contribution in [2.75, 3.05) is 6.61 Å². The van der Waals surface area contributed by atoms with E-state index < -0.39 is 6.16 Å². The van der Waals surface area contributed by atoms with Gasteiger partial charge in [-0.3, -0.25) is 0 Å². The van der Waals surface area contributed by atoms with Crippen LogP contribution in [0.2, 0.25) is 0 Å². The molecule has 1 unspecified atom stereocenters. The second-order valence-electron chi connectivity index (χ2n) is 3.86. The second-order valence-corrected chi connectivity index (χ2v) is 3.86. The second kappa shape index (κ2) is 6.68. The summed E-state index contributed by atoms with van der Waals surface area (Å²) < 4.78 is 9.63. The Morgan fingerprint density at radius 1 is 1.21 bits per heavy atom. The summed E-state index contributed by atoms with van der Waals surface area (Å²) in [6.45, 7) is 2.67. The molecule has 0 aromatic rings. The highest BCUT2D eigenvalue weighted by Gasteiger charge is 2.23. The van der Waals surface area contributed by atoms with Crippen molar-refractivity contribution in [2.24, 2.45) is 0 Å². The Balaban J connectivity index is 1.86. The van der Waals surface area contributed by atoms with Crippen molar-refractivity contribution in [1.29, 1.82) is 0 Å². The number of ether oxygens (including phenoxy) is 2. The van der Waals surface area contributed by atoms with Crippen molar-refractivity contribution in [3.05, 3.63) is 0 Å². The zero-order valence-electron chi connectivity index (χ0n) is 8.96. The Morgan fingerprint density at radius 3 is 2.57 bits per heavy atom. The molecule has 0 N–H and O–H groups in total. The SMILES string of the molecule is CCCCCCCCC1COC(=O)O1. The van der Waals surface area contributed by atoms with Crippen LogP contribution in [-0.4, -0.2) is 18.9 Å². The third-order valence-corrected chi connectivity index (χ3v) is 2.53. The molecule has 1 aliphatic heterocycles. The van der Waals surface area contributed by atoms with Gasteiger partial charge in [0.2, 0.25) is 0 Å². The molecule has 1 rings (SSSR count). The molecule has 0 spiro atoms. The number of hydrogen-bond acceptors (Lipinski definition) is 3. The van der Waals surface area contributed by atoms with E-state index in [0.29, 0.717) is 6.61 Å². The lowest BCUT2D eigenvalue weighted by atomic mass is 10.1. The van der Waals surface area contributed by atoms with Gasteiger partial charge in [0.1, 0.15) is 12.7 Å². The third kappa shape index (κ3) is 4.49. The van der Waals surface area contributed by atoms with E-state index in [0.717, 1.165) is 12.8 Å². The molecule has 82 valence electrons. The summed E-state index contributed by atoms with van der Waals surface area (Å²) in [5.41, 5.74) is 0. The summed E-state index contributed by atoms with van der Waals surface area (Å²) in [6, 6.07) is 0. The first-order valence-electron chi connectivity index (χ1n) is 5.66. The first kappa shape index (κ1) is 11.3. The molecule has 0 amide bonds. The molecular formula is C11H20O3. The first-order valence-corrected chi connectivity index (χ1v) is 5.66. The van der Waals surface area contributed by atoms with Crippen LogP contribution in [0.3, 0.4) is 0 Å². The average molecular weight is 200 g/mol. The lowest BCUT2D eigenvalue weighted by molar-refractivity contribution is 0.115. The molecule has 1 fully saturated rings. The van der Waals surface area contributed by atoms with Crippen LogP contribution in [0.25, 0.3) is 0 Å². The molecule has 1 saturated heterocycles. The van der Waals surface area contributed by atoms with Crippen LogP contribution >= 0.6 is 0 Å². The fraction of sp³-hybridized carbons (Fsp3) is 0.909. The van der Waals surface area contributed by atoms with Crippen LogP contribution < -0.4 is 0 Å². The van der Waals surface area contributed by atoms with Crippen LogP contribution in [0, 0.1) is 0 Å². The molecule has 0 radical (unpaired) electrons. The number of carbonyl (C=O) groups excluding carboxylic acids is 1. The van der Waals surface area contributed by atoms with Gasteiger partial charge in [-0.05, 0) is 12.8 Å². The van der Waals surface area contributed by atoms with Crippen LogP contribution in [0.15, 0.2) is 0 Å². The predicted molar refractivity (Wildman–Crippen MR) is 54.2 cm³/mol. The smallest absolute Gasteiger partial charge is 0.430 e. The molecule has 3 nitrogen and oxygen atoms in total. The number of hydrogen-bond donors (Lipinski definition) is 0. The van der Waals surface area contributed by atoms with Crippen LogP contribution in [0.1, 0.15) is 51.9 Å². The third-order valence-electron chi connectivity index (χ3n) is 2.53. The molecule has 0 bridgehead atoms. The van der Waals surface area contributed by atoms with Crippen LogP contribution in [-0.2, 0) is 9.47 Å². The van der Waals surface area contributed by atoms with E-state index in [4.69, 9.17) is 9.47 Å². The van der Waals surface area contributed by atoms with Gasteiger partial charge in [0.05, 0.1) is 0 Å². The van der Waals surface area contributed by atoms with Gasteiger partial charge in [0.15, 0.2) is 0 Å². The maximum atomic E-state index is 10.6. The summed E-state index contributed by atoms with van der Waals surface area (Å²) in [5, 5.41) is 0. The van der Waals surface area contributed by atoms with E-state index in [1.165, 1.54) is 32.1 Å². The highest BCUT2D eigenvalue weighted by Crippen LogP contribution is 2.14. The minimum Gasteiger partial charge on any atom is -0.430 e. The zero-order valence-corrected chi connectivity index (χ0v) is 8.96. The molecular weight excluding hydrogens is 180 g/mol. The van der Waals surface area contributed by atoms with E-state index >= 15 is 0 Å². The highest BCUT2D eigenvalue weighted by atomic mass is 16.8. The Hall–Kier alpha value is -0.730. The van der Waals surface area contributed by atoms with Crippen molar-refractivity contribution in [3.63, 3.8) is 0 Å². The van der Waals surface area contributed by atoms with Gasteiger partial charge in [-0.15, -0.1) is 0 Å². The summed E-state index contributed by atoms with van der Waals surface area (Å²) in [6.07, 6.45) is 8.12. The molecule has 3 heteroatoms. The topological polar surface area (TPSA) is 35.5 Å². The Labute approximate surface area is 85.8 Å². The summed E-state index contributed by atoms with van der Waals surface area (Å²) >= 11 is 0. The van der Waals surface area contributed by atoms with Crippen LogP contribution in [0.5, 0.6) is 0 Å². The van der Waals surface area contributed by atoms with Crippen LogP contribution in [0.4, 0.5) is 4.79 Å². The van der Waals surface area contributed by atoms with Gasteiger partial charge in [-0.2, -0.15) is 0 Å². The fourth-order valence-corrected chi connectivity index (χ4v) is 1.66. The average Bonchev–Trinajstić information content (AvgIpc) is 2.58. The molecule has 1 heterocycles. The molecule has 14 heavy (non-hydrogen) atoms. The van der Waals surface area contributed by atoms with E-state index in [9.17, 15) is 4.79 Å². The Morgan fingerprint density at radius 2 is 1.93 bits per heavy atom. The monoisotopic (exact) mass is 200 g/mol. The van der Waals surface area contributed by atoms with Crippen molar-refractivity contribution in [3.8, 4) is 0 Å². The summed E-state index contributed by atoms with van der Waals surface area (Å²) in [5.74, 6) is 0. The van der Waals surface area contributed by atoms with Crippen molar-refractivity contribution in [1.82, 2.24) is 0 Å². The molecule has 0 saturated carbocycles. The van der Waals surface area contributed by atoms with E-state index in [-0.39, 0.29) is 6.10 Å². The van der Waals surface area contributed by atoms with Gasteiger partial charge in [0, 0.05) is 0 Å². The lowest BCUT2D eigenvalue weighted by Crippen LogP contribution is -2.09. The molecule has 0 aromatic carbocycles. The van der Waals surface area contributed by atoms with E-state index in [2.05, 4.69) is 6.92 Å². The maximum Gasteiger partial charge on any atom is 0.508 e. The van der Waals surface area contributed by atoms with Gasteiger partial charge in [0.25, 0.3) is 0 Å². The lowest BCUT2D eigenvalue weighted by Gasteiger charge is -2.05. The molecule has 0 aromatic heterocycles. The van der Waals surface area contributed by atoms with Gasteiger partial charge in [-0.1, -0.05) is 39.0 Å². The summed E-state index contributed by atoms with van der Waals surface area (Å²) in [7, 11) is 0. The number of cyclic esters (lactones) is 2. The number of unbranched alkanes of at least 4 members (excludes halogenated alkanes) is 5. The van der Waals surface area contributed by atoms with Crippen molar-refractivity contribution >= 4 is 6.16 Å². The van der Waals surface area contributed by atoms with E-state index in [1.807, 2.05) is 0 Å². The Bertz CT molecular complexity index is 168.